The molecule has 8 nitrogen and oxygen atoms in total. The van der Waals surface area contributed by atoms with Crippen molar-refractivity contribution in [2.45, 2.75) is 64.9 Å². The Kier molecular flexibility index (Phi) is 10.9. The normalized spacial score (nSPS) is 12.0. The standard InChI is InChI=1S/C32H41N3O5S/c1-7-19-33-32(37)29(8-2)34(21-26-12-14-27(40-6)15-13-26)31(36)22-35(30-18-11-24(4)20-25(30)5)41(38,39)28-16-9-23(3)10-17-28/h9-18,20,29H,7-8,19,21-22H2,1-6H3,(H,33,37). The van der Waals surface area contributed by atoms with Gasteiger partial charge in [0, 0.05) is 13.1 Å². The fourth-order valence-electron chi connectivity index (χ4n) is 4.65. The summed E-state index contributed by atoms with van der Waals surface area (Å²) in [6.45, 7) is 9.59. The van der Waals surface area contributed by atoms with Crippen LogP contribution in [0.5, 0.6) is 5.75 Å². The van der Waals surface area contributed by atoms with Crippen LogP contribution in [0.3, 0.4) is 0 Å². The number of hydrogen-bond acceptors (Lipinski definition) is 5. The maximum atomic E-state index is 14.2. The molecule has 0 saturated heterocycles. The zero-order chi connectivity index (χ0) is 30.2. The quantitative estimate of drug-likeness (QED) is 0.302. The summed E-state index contributed by atoms with van der Waals surface area (Å²) in [5, 5.41) is 2.90. The monoisotopic (exact) mass is 579 g/mol. The van der Waals surface area contributed by atoms with E-state index < -0.39 is 28.5 Å². The van der Waals surface area contributed by atoms with Crippen LogP contribution in [0.25, 0.3) is 0 Å². The minimum Gasteiger partial charge on any atom is -0.497 e. The molecule has 0 fully saturated rings. The molecule has 220 valence electrons. The number of rotatable bonds is 13. The molecule has 0 bridgehead atoms. The first-order valence-electron chi connectivity index (χ1n) is 13.9. The topological polar surface area (TPSA) is 96.0 Å². The van der Waals surface area contributed by atoms with Gasteiger partial charge in [-0.05, 0) is 75.1 Å². The third kappa shape index (κ3) is 7.88. The predicted octanol–water partition coefficient (Wildman–Crippen LogP) is 5.15. The molecular formula is C32H41N3O5S. The van der Waals surface area contributed by atoms with Crippen LogP contribution in [-0.4, -0.2) is 51.4 Å². The second-order valence-electron chi connectivity index (χ2n) is 10.2. The molecule has 0 aliphatic heterocycles. The Bertz CT molecular complexity index is 1440. The van der Waals surface area contributed by atoms with E-state index in [1.165, 1.54) is 4.90 Å². The van der Waals surface area contributed by atoms with Gasteiger partial charge < -0.3 is 15.0 Å². The molecule has 1 N–H and O–H groups in total. The second kappa shape index (κ2) is 14.2. The van der Waals surface area contributed by atoms with Gasteiger partial charge in [-0.2, -0.15) is 0 Å². The average molecular weight is 580 g/mol. The van der Waals surface area contributed by atoms with E-state index in [0.717, 1.165) is 33.0 Å². The van der Waals surface area contributed by atoms with E-state index in [1.807, 2.05) is 58.9 Å². The van der Waals surface area contributed by atoms with Crippen molar-refractivity contribution in [2.24, 2.45) is 0 Å². The van der Waals surface area contributed by atoms with Crippen molar-refractivity contribution in [1.29, 1.82) is 0 Å². The van der Waals surface area contributed by atoms with Crippen LogP contribution in [0.4, 0.5) is 5.69 Å². The zero-order valence-corrected chi connectivity index (χ0v) is 25.6. The van der Waals surface area contributed by atoms with Crippen LogP contribution >= 0.6 is 0 Å². The van der Waals surface area contributed by atoms with Crippen molar-refractivity contribution in [3.8, 4) is 5.75 Å². The van der Waals surface area contributed by atoms with E-state index in [-0.39, 0.29) is 17.3 Å². The SMILES string of the molecule is CCCNC(=O)C(CC)N(Cc1ccc(OC)cc1)C(=O)CN(c1ccc(C)cc1C)S(=O)(=O)c1ccc(C)cc1. The summed E-state index contributed by atoms with van der Waals surface area (Å²) in [5.41, 5.74) is 3.83. The summed E-state index contributed by atoms with van der Waals surface area (Å²) < 4.78 is 34.5. The van der Waals surface area contributed by atoms with Crippen LogP contribution < -0.4 is 14.4 Å². The van der Waals surface area contributed by atoms with E-state index in [2.05, 4.69) is 5.32 Å². The molecule has 2 amide bonds. The first-order valence-corrected chi connectivity index (χ1v) is 15.3. The third-order valence-corrected chi connectivity index (χ3v) is 8.73. The van der Waals surface area contributed by atoms with Crippen LogP contribution in [0, 0.1) is 20.8 Å². The molecule has 41 heavy (non-hydrogen) atoms. The van der Waals surface area contributed by atoms with Crippen LogP contribution in [-0.2, 0) is 26.2 Å². The highest BCUT2D eigenvalue weighted by atomic mass is 32.2. The summed E-state index contributed by atoms with van der Waals surface area (Å²) in [7, 11) is -2.54. The summed E-state index contributed by atoms with van der Waals surface area (Å²) in [5.74, 6) is -0.0739. The van der Waals surface area contributed by atoms with Crippen molar-refractivity contribution >= 4 is 27.5 Å². The van der Waals surface area contributed by atoms with Crippen molar-refractivity contribution in [3.05, 3.63) is 89.0 Å². The highest BCUT2D eigenvalue weighted by Gasteiger charge is 2.34. The molecule has 3 aromatic carbocycles. The molecule has 1 atom stereocenters. The number of carbonyl (C=O) groups is 2. The average Bonchev–Trinajstić information content (AvgIpc) is 2.95. The lowest BCUT2D eigenvalue weighted by Crippen LogP contribution is -2.52. The summed E-state index contributed by atoms with van der Waals surface area (Å²) >= 11 is 0. The number of methoxy groups -OCH3 is 1. The van der Waals surface area contributed by atoms with E-state index >= 15 is 0 Å². The Morgan fingerprint density at radius 2 is 1.54 bits per heavy atom. The maximum Gasteiger partial charge on any atom is 0.264 e. The number of aryl methyl sites for hydroxylation is 3. The van der Waals surface area contributed by atoms with Crippen molar-refractivity contribution in [2.75, 3.05) is 24.5 Å². The van der Waals surface area contributed by atoms with Crippen LogP contribution in [0.1, 0.15) is 48.9 Å². The molecule has 0 aromatic heterocycles. The highest BCUT2D eigenvalue weighted by Crippen LogP contribution is 2.28. The Morgan fingerprint density at radius 3 is 2.10 bits per heavy atom. The number of hydrogen-bond donors (Lipinski definition) is 1. The molecule has 0 radical (unpaired) electrons. The van der Waals surface area contributed by atoms with Gasteiger partial charge in [0.05, 0.1) is 17.7 Å². The van der Waals surface area contributed by atoms with Gasteiger partial charge in [-0.15, -0.1) is 0 Å². The first kappa shape index (κ1) is 31.7. The number of ether oxygens (including phenoxy) is 1. The molecule has 0 spiro atoms. The first-order chi connectivity index (χ1) is 19.5. The maximum absolute atomic E-state index is 14.2. The minimum atomic E-state index is -4.11. The number of nitrogens with one attached hydrogen (secondary N) is 1. The summed E-state index contributed by atoms with van der Waals surface area (Å²) in [6, 6.07) is 18.5. The van der Waals surface area contributed by atoms with E-state index in [9.17, 15) is 18.0 Å². The van der Waals surface area contributed by atoms with Crippen molar-refractivity contribution < 1.29 is 22.7 Å². The van der Waals surface area contributed by atoms with Crippen LogP contribution in [0.15, 0.2) is 71.6 Å². The summed E-state index contributed by atoms with van der Waals surface area (Å²) in [4.78, 5) is 28.9. The Morgan fingerprint density at radius 1 is 0.902 bits per heavy atom. The van der Waals surface area contributed by atoms with Crippen molar-refractivity contribution in [1.82, 2.24) is 10.2 Å². The van der Waals surface area contributed by atoms with Gasteiger partial charge in [-0.3, -0.25) is 13.9 Å². The Hall–Kier alpha value is -3.85. The van der Waals surface area contributed by atoms with Gasteiger partial charge in [-0.25, -0.2) is 8.42 Å². The Labute approximate surface area is 244 Å². The lowest BCUT2D eigenvalue weighted by atomic mass is 10.1. The van der Waals surface area contributed by atoms with E-state index in [1.54, 1.807) is 49.6 Å². The molecule has 0 heterocycles. The van der Waals surface area contributed by atoms with E-state index in [0.29, 0.717) is 24.4 Å². The molecule has 0 aliphatic carbocycles. The molecule has 0 saturated carbocycles. The van der Waals surface area contributed by atoms with Crippen LogP contribution in [0.2, 0.25) is 0 Å². The number of carbonyl (C=O) groups excluding carboxylic acids is 2. The van der Waals surface area contributed by atoms with Gasteiger partial charge >= 0.3 is 0 Å². The largest absolute Gasteiger partial charge is 0.497 e. The van der Waals surface area contributed by atoms with E-state index in [4.69, 9.17) is 4.74 Å². The smallest absolute Gasteiger partial charge is 0.264 e. The fourth-order valence-corrected chi connectivity index (χ4v) is 6.13. The second-order valence-corrected chi connectivity index (χ2v) is 12.1. The van der Waals surface area contributed by atoms with Gasteiger partial charge in [0.25, 0.3) is 10.0 Å². The molecule has 3 aromatic rings. The zero-order valence-electron chi connectivity index (χ0n) is 24.8. The van der Waals surface area contributed by atoms with Gasteiger partial charge in [0.1, 0.15) is 18.3 Å². The summed E-state index contributed by atoms with van der Waals surface area (Å²) in [6.07, 6.45) is 1.12. The number of benzene rings is 3. The number of amides is 2. The van der Waals surface area contributed by atoms with Gasteiger partial charge in [-0.1, -0.05) is 61.4 Å². The van der Waals surface area contributed by atoms with Crippen molar-refractivity contribution in [3.63, 3.8) is 0 Å². The highest BCUT2D eigenvalue weighted by molar-refractivity contribution is 7.92. The molecule has 1 unspecified atom stereocenters. The predicted molar refractivity (Wildman–Crippen MR) is 163 cm³/mol. The molecular weight excluding hydrogens is 538 g/mol. The molecule has 3 rings (SSSR count). The Balaban J connectivity index is 2.07. The lowest BCUT2D eigenvalue weighted by Gasteiger charge is -2.33. The number of sulfonamides is 1. The van der Waals surface area contributed by atoms with Gasteiger partial charge in [0.2, 0.25) is 11.8 Å². The third-order valence-electron chi connectivity index (χ3n) is 6.96. The lowest BCUT2D eigenvalue weighted by molar-refractivity contribution is -0.140. The molecule has 0 aliphatic rings. The number of anilines is 1. The molecule has 9 heteroatoms. The number of nitrogens with zero attached hydrogens (tertiary/aromatic N) is 2. The minimum absolute atomic E-state index is 0.0882. The fraction of sp³-hybridized carbons (Fsp3) is 0.375. The van der Waals surface area contributed by atoms with Gasteiger partial charge in [0.15, 0.2) is 0 Å².